The third-order valence-corrected chi connectivity index (χ3v) is 4.09. The van der Waals surface area contributed by atoms with Crippen molar-refractivity contribution in [2.45, 2.75) is 12.8 Å². The van der Waals surface area contributed by atoms with E-state index in [1.54, 1.807) is 6.20 Å². The predicted molar refractivity (Wildman–Crippen MR) is 93.2 cm³/mol. The molecule has 0 atom stereocenters. The van der Waals surface area contributed by atoms with Gasteiger partial charge in [-0.2, -0.15) is 0 Å². The number of hydrogen-bond acceptors (Lipinski definition) is 2. The molecule has 112 valence electrons. The van der Waals surface area contributed by atoms with Gasteiger partial charge >= 0.3 is 0 Å². The second-order valence-electron chi connectivity index (χ2n) is 5.62. The van der Waals surface area contributed by atoms with Crippen molar-refractivity contribution < 1.29 is 0 Å². The smallest absolute Gasteiger partial charge is 0.137 e. The topological polar surface area (TPSA) is 41.6 Å². The van der Waals surface area contributed by atoms with Gasteiger partial charge in [0.15, 0.2) is 0 Å². The Hall–Kier alpha value is -2.94. The van der Waals surface area contributed by atoms with Crippen molar-refractivity contribution in [1.29, 1.82) is 0 Å². The van der Waals surface area contributed by atoms with Gasteiger partial charge in [-0.1, -0.05) is 30.3 Å². The lowest BCUT2D eigenvalue weighted by Gasteiger charge is -2.04. The summed E-state index contributed by atoms with van der Waals surface area (Å²) >= 11 is 0. The number of nitrogens with one attached hydrogen (secondary N) is 1. The van der Waals surface area contributed by atoms with Gasteiger partial charge in [-0.15, -0.1) is 0 Å². The highest BCUT2D eigenvalue weighted by atomic mass is 14.8. The number of benzene rings is 1. The molecule has 3 heteroatoms. The van der Waals surface area contributed by atoms with Crippen LogP contribution in [0.3, 0.4) is 0 Å². The molecule has 0 spiro atoms. The number of H-pyrrole nitrogens is 1. The minimum atomic E-state index is 0.921. The van der Waals surface area contributed by atoms with Gasteiger partial charge in [-0.3, -0.25) is 4.98 Å². The number of aromatic amines is 1. The zero-order valence-corrected chi connectivity index (χ0v) is 12.7. The van der Waals surface area contributed by atoms with Crippen LogP contribution in [0.1, 0.15) is 11.3 Å². The molecule has 3 heterocycles. The van der Waals surface area contributed by atoms with E-state index < -0.39 is 0 Å². The van der Waals surface area contributed by atoms with Gasteiger partial charge in [0.2, 0.25) is 0 Å². The third kappa shape index (κ3) is 2.86. The Morgan fingerprint density at radius 1 is 0.826 bits per heavy atom. The van der Waals surface area contributed by atoms with Crippen LogP contribution in [0, 0.1) is 0 Å². The van der Waals surface area contributed by atoms with Gasteiger partial charge in [0, 0.05) is 35.2 Å². The van der Waals surface area contributed by atoms with Crippen LogP contribution >= 0.6 is 0 Å². The molecule has 4 aromatic rings. The Bertz CT molecular complexity index is 926. The number of aryl methyl sites for hydroxylation is 2. The van der Waals surface area contributed by atoms with E-state index in [2.05, 4.69) is 57.4 Å². The Labute approximate surface area is 135 Å². The normalized spacial score (nSPS) is 11.0. The molecule has 0 fully saturated rings. The van der Waals surface area contributed by atoms with E-state index in [1.807, 2.05) is 24.5 Å². The molecule has 0 bridgehead atoms. The van der Waals surface area contributed by atoms with Crippen LogP contribution in [-0.4, -0.2) is 15.0 Å². The van der Waals surface area contributed by atoms with Crippen LogP contribution in [0.25, 0.3) is 22.2 Å². The second kappa shape index (κ2) is 6.05. The summed E-state index contributed by atoms with van der Waals surface area (Å²) in [5.41, 5.74) is 5.74. The van der Waals surface area contributed by atoms with Crippen LogP contribution in [0.4, 0.5) is 0 Å². The van der Waals surface area contributed by atoms with Crippen LogP contribution in [-0.2, 0) is 12.8 Å². The molecule has 4 rings (SSSR count). The Kier molecular flexibility index (Phi) is 3.60. The van der Waals surface area contributed by atoms with E-state index >= 15 is 0 Å². The van der Waals surface area contributed by atoms with Crippen molar-refractivity contribution in [3.63, 3.8) is 0 Å². The van der Waals surface area contributed by atoms with Gasteiger partial charge in [0.05, 0.1) is 0 Å². The summed E-state index contributed by atoms with van der Waals surface area (Å²) in [5.74, 6) is 0. The standard InChI is InChI=1S/C20H17N3/c1-2-5-15(6-3-1)8-9-17-13-16(10-12-21-17)19-14-23-20-18(19)7-4-11-22-20/h1-7,10-14H,8-9H2,(H,22,23). The molecular formula is C20H17N3. The summed E-state index contributed by atoms with van der Waals surface area (Å²) in [5, 5.41) is 1.15. The third-order valence-electron chi connectivity index (χ3n) is 4.09. The largest absolute Gasteiger partial charge is 0.346 e. The first-order chi connectivity index (χ1) is 11.4. The number of nitrogens with zero attached hydrogens (tertiary/aromatic N) is 2. The number of hydrogen-bond donors (Lipinski definition) is 1. The monoisotopic (exact) mass is 299 g/mol. The number of fused-ring (bicyclic) bond motifs is 1. The molecule has 1 N–H and O–H groups in total. The number of aromatic nitrogens is 3. The van der Waals surface area contributed by atoms with Gasteiger partial charge in [0.1, 0.15) is 5.65 Å². The molecule has 0 aliphatic carbocycles. The van der Waals surface area contributed by atoms with Gasteiger partial charge in [-0.05, 0) is 48.2 Å². The fourth-order valence-electron chi connectivity index (χ4n) is 2.89. The van der Waals surface area contributed by atoms with Crippen molar-refractivity contribution in [2.75, 3.05) is 0 Å². The van der Waals surface area contributed by atoms with Crippen molar-refractivity contribution >= 4 is 11.0 Å². The van der Waals surface area contributed by atoms with Crippen molar-refractivity contribution in [2.24, 2.45) is 0 Å². The quantitative estimate of drug-likeness (QED) is 0.606. The van der Waals surface area contributed by atoms with Gasteiger partial charge < -0.3 is 4.98 Å². The summed E-state index contributed by atoms with van der Waals surface area (Å²) in [4.78, 5) is 12.1. The maximum absolute atomic E-state index is 4.52. The SMILES string of the molecule is c1ccc(CCc2cc(-c3c[nH]c4ncccc34)ccn2)cc1. The first-order valence-corrected chi connectivity index (χ1v) is 7.81. The van der Waals surface area contributed by atoms with E-state index in [1.165, 1.54) is 16.7 Å². The Morgan fingerprint density at radius 3 is 2.65 bits per heavy atom. The van der Waals surface area contributed by atoms with Crippen LogP contribution in [0.2, 0.25) is 0 Å². The molecule has 0 unspecified atom stereocenters. The van der Waals surface area contributed by atoms with E-state index in [4.69, 9.17) is 0 Å². The maximum atomic E-state index is 4.52. The van der Waals surface area contributed by atoms with E-state index in [0.29, 0.717) is 0 Å². The lowest BCUT2D eigenvalue weighted by Crippen LogP contribution is -1.94. The zero-order valence-electron chi connectivity index (χ0n) is 12.7. The minimum Gasteiger partial charge on any atom is -0.346 e. The average Bonchev–Trinajstić information content (AvgIpc) is 3.05. The van der Waals surface area contributed by atoms with Crippen molar-refractivity contribution in [3.8, 4) is 11.1 Å². The van der Waals surface area contributed by atoms with Gasteiger partial charge in [-0.25, -0.2) is 4.98 Å². The molecule has 0 aliphatic heterocycles. The van der Waals surface area contributed by atoms with E-state index in [0.717, 1.165) is 29.6 Å². The number of pyridine rings is 2. The predicted octanol–water partition coefficient (Wildman–Crippen LogP) is 4.41. The van der Waals surface area contributed by atoms with Crippen LogP contribution in [0.5, 0.6) is 0 Å². The highest BCUT2D eigenvalue weighted by molar-refractivity contribution is 5.93. The summed E-state index contributed by atoms with van der Waals surface area (Å²) in [7, 11) is 0. The lowest BCUT2D eigenvalue weighted by atomic mass is 10.0. The fourth-order valence-corrected chi connectivity index (χ4v) is 2.89. The van der Waals surface area contributed by atoms with Crippen LogP contribution < -0.4 is 0 Å². The fraction of sp³-hybridized carbons (Fsp3) is 0.100. The molecule has 3 nitrogen and oxygen atoms in total. The molecule has 0 radical (unpaired) electrons. The van der Waals surface area contributed by atoms with Crippen molar-refractivity contribution in [3.05, 3.63) is 84.4 Å². The first-order valence-electron chi connectivity index (χ1n) is 7.81. The lowest BCUT2D eigenvalue weighted by molar-refractivity contribution is 0.914. The summed E-state index contributed by atoms with van der Waals surface area (Å²) in [6.45, 7) is 0. The highest BCUT2D eigenvalue weighted by Gasteiger charge is 2.07. The molecule has 0 aliphatic rings. The second-order valence-corrected chi connectivity index (χ2v) is 5.62. The Balaban J connectivity index is 1.61. The molecular weight excluding hydrogens is 282 g/mol. The molecule has 23 heavy (non-hydrogen) atoms. The summed E-state index contributed by atoms with van der Waals surface area (Å²) in [6, 6.07) is 18.8. The minimum absolute atomic E-state index is 0.921. The highest BCUT2D eigenvalue weighted by Crippen LogP contribution is 2.27. The summed E-state index contributed by atoms with van der Waals surface area (Å²) < 4.78 is 0. The molecule has 0 saturated heterocycles. The average molecular weight is 299 g/mol. The van der Waals surface area contributed by atoms with E-state index in [-0.39, 0.29) is 0 Å². The molecule has 1 aromatic carbocycles. The molecule has 3 aromatic heterocycles. The van der Waals surface area contributed by atoms with Crippen molar-refractivity contribution in [1.82, 2.24) is 15.0 Å². The Morgan fingerprint density at radius 2 is 1.74 bits per heavy atom. The van der Waals surface area contributed by atoms with Crippen LogP contribution in [0.15, 0.2) is 73.2 Å². The summed E-state index contributed by atoms with van der Waals surface area (Å²) in [6.07, 6.45) is 7.67. The van der Waals surface area contributed by atoms with Gasteiger partial charge in [0.25, 0.3) is 0 Å². The van der Waals surface area contributed by atoms with E-state index in [9.17, 15) is 0 Å². The zero-order chi connectivity index (χ0) is 15.5. The first kappa shape index (κ1) is 13.7. The molecule has 0 saturated carbocycles. The molecule has 0 amide bonds. The number of rotatable bonds is 4. The maximum Gasteiger partial charge on any atom is 0.137 e.